The first-order valence-corrected chi connectivity index (χ1v) is 4.51. The van der Waals surface area contributed by atoms with Crippen LogP contribution in [0.4, 0.5) is 0 Å². The Morgan fingerprint density at radius 2 is 1.64 bits per heavy atom. The zero-order valence-corrected chi connectivity index (χ0v) is 8.77. The van der Waals surface area contributed by atoms with Crippen LogP contribution in [0.15, 0.2) is 0 Å². The van der Waals surface area contributed by atoms with Gasteiger partial charge in [0.15, 0.2) is 0 Å². The zero-order chi connectivity index (χ0) is 9.07. The SMILES string of the molecule is CCOC(C(C)C)C(C)(C)C. The van der Waals surface area contributed by atoms with Gasteiger partial charge in [0, 0.05) is 6.61 Å². The third-order valence-corrected chi connectivity index (χ3v) is 1.81. The Morgan fingerprint density at radius 1 is 1.18 bits per heavy atom. The molecule has 11 heavy (non-hydrogen) atoms. The average Bonchev–Trinajstić information content (AvgIpc) is 1.79. The standard InChI is InChI=1S/C10H22O/c1-7-11-9(8(2)3)10(4,5)6/h8-9H,7H2,1-6H3. The molecule has 68 valence electrons. The van der Waals surface area contributed by atoms with Crippen LogP contribution in [0.3, 0.4) is 0 Å². The Morgan fingerprint density at radius 3 is 1.73 bits per heavy atom. The molecule has 1 atom stereocenters. The van der Waals surface area contributed by atoms with Crippen molar-refractivity contribution in [1.82, 2.24) is 0 Å². The van der Waals surface area contributed by atoms with Crippen molar-refractivity contribution in [2.45, 2.75) is 47.6 Å². The van der Waals surface area contributed by atoms with Crippen LogP contribution in [0.1, 0.15) is 41.5 Å². The fourth-order valence-corrected chi connectivity index (χ4v) is 1.62. The number of hydrogen-bond acceptors (Lipinski definition) is 1. The van der Waals surface area contributed by atoms with Gasteiger partial charge in [-0.2, -0.15) is 0 Å². The molecule has 0 spiro atoms. The maximum atomic E-state index is 5.67. The van der Waals surface area contributed by atoms with E-state index in [4.69, 9.17) is 4.74 Å². The molecule has 0 heterocycles. The van der Waals surface area contributed by atoms with E-state index in [0.29, 0.717) is 12.0 Å². The van der Waals surface area contributed by atoms with Gasteiger partial charge in [-0.3, -0.25) is 0 Å². The number of hydrogen-bond donors (Lipinski definition) is 0. The molecular formula is C10H22O. The first kappa shape index (κ1) is 11.0. The Bertz CT molecular complexity index is 99.9. The van der Waals surface area contributed by atoms with E-state index in [1.54, 1.807) is 0 Å². The molecule has 0 saturated heterocycles. The van der Waals surface area contributed by atoms with Crippen LogP contribution < -0.4 is 0 Å². The molecule has 0 radical (unpaired) electrons. The summed E-state index contributed by atoms with van der Waals surface area (Å²) in [5.74, 6) is 0.606. The predicted octanol–water partition coefficient (Wildman–Crippen LogP) is 3.09. The molecule has 1 nitrogen and oxygen atoms in total. The van der Waals surface area contributed by atoms with Crippen LogP contribution >= 0.6 is 0 Å². The summed E-state index contributed by atoms with van der Waals surface area (Å²) >= 11 is 0. The van der Waals surface area contributed by atoms with Gasteiger partial charge in [-0.1, -0.05) is 34.6 Å². The Kier molecular flexibility index (Phi) is 4.09. The minimum Gasteiger partial charge on any atom is -0.378 e. The summed E-state index contributed by atoms with van der Waals surface area (Å²) in [5, 5.41) is 0. The second-order valence-corrected chi connectivity index (χ2v) is 4.49. The Hall–Kier alpha value is -0.0400. The maximum absolute atomic E-state index is 5.67. The van der Waals surface area contributed by atoms with Crippen LogP contribution in [-0.2, 0) is 4.74 Å². The molecule has 0 aliphatic heterocycles. The van der Waals surface area contributed by atoms with E-state index < -0.39 is 0 Å². The molecule has 0 bridgehead atoms. The van der Waals surface area contributed by atoms with Crippen molar-refractivity contribution in [2.75, 3.05) is 6.61 Å². The maximum Gasteiger partial charge on any atom is 0.0646 e. The first-order valence-electron chi connectivity index (χ1n) is 4.51. The third-order valence-electron chi connectivity index (χ3n) is 1.81. The lowest BCUT2D eigenvalue weighted by atomic mass is 9.82. The molecule has 0 aromatic heterocycles. The molecule has 0 aromatic rings. The van der Waals surface area contributed by atoms with Crippen molar-refractivity contribution in [2.24, 2.45) is 11.3 Å². The lowest BCUT2D eigenvalue weighted by Crippen LogP contribution is -2.34. The Balaban J connectivity index is 4.10. The molecule has 1 heteroatoms. The van der Waals surface area contributed by atoms with E-state index in [1.807, 2.05) is 0 Å². The average molecular weight is 158 g/mol. The minimum atomic E-state index is 0.268. The normalized spacial score (nSPS) is 15.5. The number of ether oxygens (including phenoxy) is 1. The molecule has 0 rings (SSSR count). The van der Waals surface area contributed by atoms with Gasteiger partial charge in [0.1, 0.15) is 0 Å². The topological polar surface area (TPSA) is 9.23 Å². The predicted molar refractivity (Wildman–Crippen MR) is 49.7 cm³/mol. The molecule has 1 unspecified atom stereocenters. The third kappa shape index (κ3) is 3.76. The molecule has 0 amide bonds. The smallest absolute Gasteiger partial charge is 0.0646 e. The fourth-order valence-electron chi connectivity index (χ4n) is 1.62. The van der Waals surface area contributed by atoms with Crippen molar-refractivity contribution in [3.05, 3.63) is 0 Å². The van der Waals surface area contributed by atoms with Gasteiger partial charge in [-0.05, 0) is 18.3 Å². The lowest BCUT2D eigenvalue weighted by molar-refractivity contribution is -0.0405. The molecule has 0 aliphatic carbocycles. The summed E-state index contributed by atoms with van der Waals surface area (Å²) < 4.78 is 5.67. The van der Waals surface area contributed by atoms with E-state index in [9.17, 15) is 0 Å². The minimum absolute atomic E-state index is 0.268. The lowest BCUT2D eigenvalue weighted by Gasteiger charge is -2.33. The second kappa shape index (κ2) is 4.10. The van der Waals surface area contributed by atoms with Gasteiger partial charge < -0.3 is 4.74 Å². The largest absolute Gasteiger partial charge is 0.378 e. The molecule has 0 N–H and O–H groups in total. The summed E-state index contributed by atoms with van der Waals surface area (Å²) in [6.07, 6.45) is 0.382. The molecule has 0 fully saturated rings. The summed E-state index contributed by atoms with van der Waals surface area (Å²) in [5.41, 5.74) is 0.268. The fraction of sp³-hybridized carbons (Fsp3) is 1.00. The molecule has 0 aromatic carbocycles. The van der Waals surface area contributed by atoms with E-state index in [1.165, 1.54) is 0 Å². The highest BCUT2D eigenvalue weighted by Crippen LogP contribution is 2.27. The highest BCUT2D eigenvalue weighted by Gasteiger charge is 2.27. The zero-order valence-electron chi connectivity index (χ0n) is 8.77. The van der Waals surface area contributed by atoms with Crippen LogP contribution in [0.25, 0.3) is 0 Å². The van der Waals surface area contributed by atoms with Crippen molar-refractivity contribution in [3.8, 4) is 0 Å². The highest BCUT2D eigenvalue weighted by molar-refractivity contribution is 4.76. The van der Waals surface area contributed by atoms with Crippen molar-refractivity contribution in [3.63, 3.8) is 0 Å². The van der Waals surface area contributed by atoms with Gasteiger partial charge >= 0.3 is 0 Å². The number of rotatable bonds is 3. The highest BCUT2D eigenvalue weighted by atomic mass is 16.5. The van der Waals surface area contributed by atoms with Gasteiger partial charge in [-0.25, -0.2) is 0 Å². The quantitative estimate of drug-likeness (QED) is 0.613. The van der Waals surface area contributed by atoms with Crippen molar-refractivity contribution < 1.29 is 4.74 Å². The van der Waals surface area contributed by atoms with Gasteiger partial charge in [-0.15, -0.1) is 0 Å². The van der Waals surface area contributed by atoms with E-state index >= 15 is 0 Å². The van der Waals surface area contributed by atoms with Crippen LogP contribution in [-0.4, -0.2) is 12.7 Å². The van der Waals surface area contributed by atoms with Gasteiger partial charge in [0.2, 0.25) is 0 Å². The molecular weight excluding hydrogens is 136 g/mol. The van der Waals surface area contributed by atoms with Crippen LogP contribution in [0, 0.1) is 11.3 Å². The van der Waals surface area contributed by atoms with Gasteiger partial charge in [0.25, 0.3) is 0 Å². The first-order chi connectivity index (χ1) is 4.89. The van der Waals surface area contributed by atoms with Gasteiger partial charge in [0.05, 0.1) is 6.10 Å². The molecule has 0 aliphatic rings. The van der Waals surface area contributed by atoms with Crippen LogP contribution in [0.2, 0.25) is 0 Å². The summed E-state index contributed by atoms with van der Waals surface area (Å²) in [6, 6.07) is 0. The van der Waals surface area contributed by atoms with E-state index in [-0.39, 0.29) is 5.41 Å². The van der Waals surface area contributed by atoms with Crippen molar-refractivity contribution in [1.29, 1.82) is 0 Å². The summed E-state index contributed by atoms with van der Waals surface area (Å²) in [4.78, 5) is 0. The van der Waals surface area contributed by atoms with E-state index in [2.05, 4.69) is 41.5 Å². The van der Waals surface area contributed by atoms with E-state index in [0.717, 1.165) is 6.61 Å². The molecule has 0 saturated carbocycles. The summed E-state index contributed by atoms with van der Waals surface area (Å²) in [7, 11) is 0. The van der Waals surface area contributed by atoms with Crippen molar-refractivity contribution >= 4 is 0 Å². The monoisotopic (exact) mass is 158 g/mol. The van der Waals surface area contributed by atoms with Crippen LogP contribution in [0.5, 0.6) is 0 Å². The Labute approximate surface area is 71.1 Å². The second-order valence-electron chi connectivity index (χ2n) is 4.49. The summed E-state index contributed by atoms with van der Waals surface area (Å²) in [6.45, 7) is 14.0.